The van der Waals surface area contributed by atoms with Crippen molar-refractivity contribution in [2.45, 2.75) is 18.1 Å². The quantitative estimate of drug-likeness (QED) is 0.487. The molecule has 0 bridgehead atoms. The Hall–Kier alpha value is -1.75. The van der Waals surface area contributed by atoms with E-state index in [1.807, 2.05) is 11.1 Å². The molecule has 0 spiro atoms. The normalized spacial score (nSPS) is 19.4. The van der Waals surface area contributed by atoms with Crippen molar-refractivity contribution < 1.29 is 9.15 Å². The molecule has 0 amide bonds. The van der Waals surface area contributed by atoms with Crippen LogP contribution in [0.15, 0.2) is 58.2 Å². The van der Waals surface area contributed by atoms with Crippen LogP contribution in [0.3, 0.4) is 0 Å². The van der Waals surface area contributed by atoms with Crippen molar-refractivity contribution >= 4 is 52.7 Å². The van der Waals surface area contributed by atoms with E-state index in [0.29, 0.717) is 0 Å². The summed E-state index contributed by atoms with van der Waals surface area (Å²) in [7, 11) is 1.56. The van der Waals surface area contributed by atoms with E-state index in [9.17, 15) is 0 Å². The molecule has 5 rings (SSSR count). The van der Waals surface area contributed by atoms with Crippen LogP contribution in [0.1, 0.15) is 17.2 Å². The SMILES string of the molecule is Cc1cccc(C2C=CN(c3cc(N4CCOCC4)c4oc(SI)cc4n3)N2)c1. The molecule has 1 unspecified atom stereocenters. The van der Waals surface area contributed by atoms with Crippen LogP contribution in [-0.4, -0.2) is 31.3 Å². The van der Waals surface area contributed by atoms with E-state index >= 15 is 0 Å². The van der Waals surface area contributed by atoms with E-state index in [1.54, 1.807) is 8.93 Å². The molecule has 4 heterocycles. The largest absolute Gasteiger partial charge is 0.445 e. The van der Waals surface area contributed by atoms with Gasteiger partial charge in [-0.2, -0.15) is 0 Å². The molecule has 1 atom stereocenters. The summed E-state index contributed by atoms with van der Waals surface area (Å²) in [6.07, 6.45) is 4.22. The lowest BCUT2D eigenvalue weighted by Crippen LogP contribution is -2.37. The first-order valence-electron chi connectivity index (χ1n) is 9.57. The second kappa shape index (κ2) is 8.17. The molecule has 2 aliphatic rings. The summed E-state index contributed by atoms with van der Waals surface area (Å²) < 4.78 is 11.6. The molecule has 1 N–H and O–H groups in total. The van der Waals surface area contributed by atoms with Crippen LogP contribution in [0, 0.1) is 6.92 Å². The molecule has 8 heteroatoms. The Balaban J connectivity index is 1.49. The first-order chi connectivity index (χ1) is 14.2. The van der Waals surface area contributed by atoms with E-state index in [0.717, 1.165) is 54.0 Å². The average molecular weight is 520 g/mol. The monoisotopic (exact) mass is 520 g/mol. The van der Waals surface area contributed by atoms with Crippen LogP contribution in [0.25, 0.3) is 11.1 Å². The number of rotatable bonds is 4. The number of nitrogens with zero attached hydrogens (tertiary/aromatic N) is 3. The molecule has 0 aliphatic carbocycles. The fraction of sp³-hybridized carbons (Fsp3) is 0.286. The molecule has 2 aliphatic heterocycles. The van der Waals surface area contributed by atoms with Crippen LogP contribution in [-0.2, 0) is 4.74 Å². The predicted octanol–water partition coefficient (Wildman–Crippen LogP) is 4.99. The number of fused-ring (bicyclic) bond motifs is 1. The predicted molar refractivity (Wildman–Crippen MR) is 126 cm³/mol. The summed E-state index contributed by atoms with van der Waals surface area (Å²) >= 11 is 2.24. The second-order valence-electron chi connectivity index (χ2n) is 7.19. The number of ether oxygens (including phenoxy) is 1. The highest BCUT2D eigenvalue weighted by atomic mass is 127. The zero-order valence-corrected chi connectivity index (χ0v) is 18.9. The van der Waals surface area contributed by atoms with Gasteiger partial charge in [-0.05, 0) is 27.5 Å². The highest BCUT2D eigenvalue weighted by Crippen LogP contribution is 2.38. The Morgan fingerprint density at radius 2 is 2.07 bits per heavy atom. The van der Waals surface area contributed by atoms with Gasteiger partial charge in [0, 0.05) is 52.6 Å². The molecule has 150 valence electrons. The smallest absolute Gasteiger partial charge is 0.177 e. The fourth-order valence-corrected chi connectivity index (χ4v) is 4.69. The van der Waals surface area contributed by atoms with E-state index < -0.39 is 0 Å². The highest BCUT2D eigenvalue weighted by molar-refractivity contribution is 14.2. The number of hydrazine groups is 1. The number of anilines is 2. The van der Waals surface area contributed by atoms with Crippen molar-refractivity contribution in [3.63, 3.8) is 0 Å². The summed E-state index contributed by atoms with van der Waals surface area (Å²) in [6, 6.07) is 12.8. The number of hydrogen-bond donors (Lipinski definition) is 1. The Morgan fingerprint density at radius 1 is 1.21 bits per heavy atom. The third kappa shape index (κ3) is 3.86. The van der Waals surface area contributed by atoms with Crippen molar-refractivity contribution in [1.82, 2.24) is 10.4 Å². The van der Waals surface area contributed by atoms with Gasteiger partial charge in [-0.15, -0.1) is 0 Å². The molecule has 29 heavy (non-hydrogen) atoms. The molecule has 1 saturated heterocycles. The third-order valence-corrected chi connectivity index (χ3v) is 6.86. The molecular weight excluding hydrogens is 499 g/mol. The number of benzene rings is 1. The first kappa shape index (κ1) is 19.2. The van der Waals surface area contributed by atoms with Crippen LogP contribution >= 0.6 is 30.1 Å². The summed E-state index contributed by atoms with van der Waals surface area (Å²) in [6.45, 7) is 5.27. The summed E-state index contributed by atoms with van der Waals surface area (Å²) in [5.74, 6) is 0.858. The maximum Gasteiger partial charge on any atom is 0.177 e. The lowest BCUT2D eigenvalue weighted by molar-refractivity contribution is 0.122. The zero-order chi connectivity index (χ0) is 19.8. The van der Waals surface area contributed by atoms with E-state index in [2.05, 4.69) is 81.1 Å². The standard InChI is InChI=1S/C21H21IN4O2S/c1-14-3-2-4-15(11-14)16-5-6-26(24-16)19-13-18(25-7-9-27-10-8-25)21-17(23-19)12-20(28-21)29-22/h2-6,11-13,16,24H,7-10H2,1H3. The molecule has 0 saturated carbocycles. The molecular formula is C21H21IN4O2S. The minimum absolute atomic E-state index is 0.129. The third-order valence-electron chi connectivity index (χ3n) is 5.20. The molecule has 2 aromatic heterocycles. The van der Waals surface area contributed by atoms with Crippen molar-refractivity contribution in [2.75, 3.05) is 36.2 Å². The van der Waals surface area contributed by atoms with Gasteiger partial charge in [-0.25, -0.2) is 10.4 Å². The number of morpholine rings is 1. The zero-order valence-electron chi connectivity index (χ0n) is 16.0. The summed E-state index contributed by atoms with van der Waals surface area (Å²) in [4.78, 5) is 7.19. The van der Waals surface area contributed by atoms with Crippen LogP contribution < -0.4 is 15.3 Å². The molecule has 0 radical (unpaired) electrons. The molecule has 1 fully saturated rings. The number of aromatic nitrogens is 1. The number of hydrogen-bond acceptors (Lipinski definition) is 7. The minimum Gasteiger partial charge on any atom is -0.445 e. The van der Waals surface area contributed by atoms with Gasteiger partial charge in [-0.3, -0.25) is 5.01 Å². The van der Waals surface area contributed by atoms with Crippen molar-refractivity contribution in [3.8, 4) is 0 Å². The van der Waals surface area contributed by atoms with Gasteiger partial charge in [0.25, 0.3) is 0 Å². The van der Waals surface area contributed by atoms with Gasteiger partial charge in [0.15, 0.2) is 10.7 Å². The molecule has 1 aromatic carbocycles. The topological polar surface area (TPSA) is 53.8 Å². The van der Waals surface area contributed by atoms with Gasteiger partial charge >= 0.3 is 0 Å². The van der Waals surface area contributed by atoms with Gasteiger partial charge in [0.2, 0.25) is 0 Å². The number of furan rings is 1. The summed E-state index contributed by atoms with van der Waals surface area (Å²) in [5, 5.41) is 2.86. The Kier molecular flexibility index (Phi) is 5.42. The van der Waals surface area contributed by atoms with E-state index in [-0.39, 0.29) is 6.04 Å². The van der Waals surface area contributed by atoms with Gasteiger partial charge in [-0.1, -0.05) is 29.8 Å². The Bertz CT molecular complexity index is 1060. The Morgan fingerprint density at radius 3 is 2.86 bits per heavy atom. The van der Waals surface area contributed by atoms with Crippen molar-refractivity contribution in [2.24, 2.45) is 0 Å². The van der Waals surface area contributed by atoms with Crippen LogP contribution in [0.4, 0.5) is 11.5 Å². The van der Waals surface area contributed by atoms with Gasteiger partial charge in [0.1, 0.15) is 11.3 Å². The molecule has 6 nitrogen and oxygen atoms in total. The maximum absolute atomic E-state index is 6.08. The fourth-order valence-electron chi connectivity index (χ4n) is 3.77. The van der Waals surface area contributed by atoms with E-state index in [4.69, 9.17) is 14.1 Å². The van der Waals surface area contributed by atoms with Crippen LogP contribution in [0.2, 0.25) is 0 Å². The van der Waals surface area contributed by atoms with E-state index in [1.165, 1.54) is 11.1 Å². The number of nitrogens with one attached hydrogen (secondary N) is 1. The van der Waals surface area contributed by atoms with Gasteiger partial charge in [0.05, 0.1) is 24.9 Å². The lowest BCUT2D eigenvalue weighted by Gasteiger charge is -2.29. The van der Waals surface area contributed by atoms with Crippen LogP contribution in [0.5, 0.6) is 0 Å². The van der Waals surface area contributed by atoms with Crippen molar-refractivity contribution in [1.29, 1.82) is 0 Å². The van der Waals surface area contributed by atoms with Gasteiger partial charge < -0.3 is 14.1 Å². The minimum atomic E-state index is 0.129. The summed E-state index contributed by atoms with van der Waals surface area (Å²) in [5.41, 5.74) is 8.83. The maximum atomic E-state index is 6.08. The second-order valence-corrected chi connectivity index (χ2v) is 9.07. The number of aryl methyl sites for hydroxylation is 1. The first-order valence-corrected chi connectivity index (χ1v) is 12.9. The average Bonchev–Trinajstić information content (AvgIpc) is 3.41. The lowest BCUT2D eigenvalue weighted by atomic mass is 10.1. The molecule has 3 aromatic rings. The number of pyridine rings is 1. The highest BCUT2D eigenvalue weighted by Gasteiger charge is 2.24. The Labute approximate surface area is 185 Å². The van der Waals surface area contributed by atoms with Crippen molar-refractivity contribution in [3.05, 3.63) is 59.8 Å². The number of halogens is 1.